The van der Waals surface area contributed by atoms with Crippen molar-refractivity contribution in [2.45, 2.75) is 24.3 Å². The van der Waals surface area contributed by atoms with E-state index in [1.807, 2.05) is 29.0 Å². The van der Waals surface area contributed by atoms with E-state index in [2.05, 4.69) is 10.3 Å². The van der Waals surface area contributed by atoms with Gasteiger partial charge in [0.2, 0.25) is 10.0 Å². The molecule has 1 amide bonds. The molecule has 3 aromatic rings. The summed E-state index contributed by atoms with van der Waals surface area (Å²) in [4.78, 5) is 17.1. The number of imidazole rings is 1. The number of amides is 1. The molecule has 28 heavy (non-hydrogen) atoms. The fourth-order valence-electron chi connectivity index (χ4n) is 3.26. The first-order valence-electron chi connectivity index (χ1n) is 8.98. The van der Waals surface area contributed by atoms with Crippen molar-refractivity contribution in [2.75, 3.05) is 18.4 Å². The number of thiophene rings is 1. The predicted octanol–water partition coefficient (Wildman–Crippen LogP) is 3.03. The molecule has 4 rings (SSSR count). The van der Waals surface area contributed by atoms with Gasteiger partial charge in [0.25, 0.3) is 5.91 Å². The van der Waals surface area contributed by atoms with Crippen LogP contribution in [-0.2, 0) is 16.6 Å². The van der Waals surface area contributed by atoms with Crippen molar-refractivity contribution in [2.24, 2.45) is 0 Å². The lowest BCUT2D eigenvalue weighted by Crippen LogP contribution is -2.29. The van der Waals surface area contributed by atoms with Crippen LogP contribution in [0.25, 0.3) is 0 Å². The lowest BCUT2D eigenvalue weighted by atomic mass is 10.2. The predicted molar refractivity (Wildman–Crippen MR) is 108 cm³/mol. The highest BCUT2D eigenvalue weighted by Gasteiger charge is 2.31. The molecule has 0 atom stereocenters. The van der Waals surface area contributed by atoms with Crippen molar-refractivity contribution in [1.29, 1.82) is 0 Å². The molecule has 9 heteroatoms. The van der Waals surface area contributed by atoms with Crippen molar-refractivity contribution in [3.8, 4) is 0 Å². The van der Waals surface area contributed by atoms with Gasteiger partial charge in [-0.2, -0.15) is 4.31 Å². The molecule has 1 saturated heterocycles. The van der Waals surface area contributed by atoms with E-state index in [0.29, 0.717) is 25.3 Å². The Balaban J connectivity index is 1.53. The minimum Gasteiger partial charge on any atom is -0.333 e. The van der Waals surface area contributed by atoms with E-state index in [4.69, 9.17) is 0 Å². The van der Waals surface area contributed by atoms with Crippen LogP contribution in [0, 0.1) is 0 Å². The first kappa shape index (κ1) is 18.9. The Morgan fingerprint density at radius 2 is 2.04 bits per heavy atom. The van der Waals surface area contributed by atoms with Crippen molar-refractivity contribution >= 4 is 33.0 Å². The Morgan fingerprint density at radius 3 is 2.79 bits per heavy atom. The summed E-state index contributed by atoms with van der Waals surface area (Å²) in [6.45, 7) is 1.66. The lowest BCUT2D eigenvalue weighted by molar-refractivity contribution is 0.102. The van der Waals surface area contributed by atoms with Crippen molar-refractivity contribution in [3.05, 3.63) is 64.9 Å². The summed E-state index contributed by atoms with van der Waals surface area (Å²) in [5.41, 5.74) is 1.63. The number of carbonyl (C=O) groups excluding carboxylic acids is 1. The number of aromatic nitrogens is 2. The van der Waals surface area contributed by atoms with Gasteiger partial charge in [0.1, 0.15) is 9.77 Å². The highest BCUT2D eigenvalue weighted by atomic mass is 32.2. The molecule has 1 fully saturated rings. The van der Waals surface area contributed by atoms with Crippen molar-refractivity contribution in [3.63, 3.8) is 0 Å². The van der Waals surface area contributed by atoms with Gasteiger partial charge in [0.15, 0.2) is 0 Å². The summed E-state index contributed by atoms with van der Waals surface area (Å²) in [5, 5.41) is 4.48. The molecule has 2 aromatic heterocycles. The lowest BCUT2D eigenvalue weighted by Gasteiger charge is -2.15. The molecule has 1 aliphatic rings. The third kappa shape index (κ3) is 3.87. The second-order valence-corrected chi connectivity index (χ2v) is 9.44. The summed E-state index contributed by atoms with van der Waals surface area (Å²) in [6.07, 6.45) is 7.02. The number of sulfonamides is 1. The number of hydrogen-bond acceptors (Lipinski definition) is 5. The van der Waals surface area contributed by atoms with E-state index in [1.165, 1.54) is 10.4 Å². The van der Waals surface area contributed by atoms with Crippen LogP contribution in [0.1, 0.15) is 28.1 Å². The summed E-state index contributed by atoms with van der Waals surface area (Å²) in [7, 11) is -3.63. The summed E-state index contributed by atoms with van der Waals surface area (Å²) >= 11 is 1.14. The Labute approximate surface area is 167 Å². The zero-order valence-corrected chi connectivity index (χ0v) is 16.7. The Hall–Kier alpha value is -2.49. The van der Waals surface area contributed by atoms with E-state index >= 15 is 0 Å². The molecular weight excluding hydrogens is 396 g/mol. The minimum atomic E-state index is -3.63. The number of nitrogens with zero attached hydrogens (tertiary/aromatic N) is 3. The molecule has 1 N–H and O–H groups in total. The monoisotopic (exact) mass is 416 g/mol. The highest BCUT2D eigenvalue weighted by Crippen LogP contribution is 2.28. The number of rotatable bonds is 6. The van der Waals surface area contributed by atoms with Gasteiger partial charge in [-0.05, 0) is 42.0 Å². The molecule has 0 aliphatic carbocycles. The normalized spacial score (nSPS) is 15.0. The van der Waals surface area contributed by atoms with Crippen LogP contribution in [0.2, 0.25) is 0 Å². The van der Waals surface area contributed by atoms with Crippen molar-refractivity contribution < 1.29 is 13.2 Å². The quantitative estimate of drug-likeness (QED) is 0.669. The highest BCUT2D eigenvalue weighted by molar-refractivity contribution is 7.89. The molecule has 1 aromatic carbocycles. The molecule has 0 unspecified atom stereocenters. The number of nitrogens with one attached hydrogen (secondary N) is 1. The van der Waals surface area contributed by atoms with Gasteiger partial charge in [-0.1, -0.05) is 12.1 Å². The van der Waals surface area contributed by atoms with Crippen LogP contribution in [0.4, 0.5) is 5.69 Å². The molecule has 1 aliphatic heterocycles. The third-order valence-corrected chi connectivity index (χ3v) is 7.61. The number of carbonyl (C=O) groups is 1. The van der Waals surface area contributed by atoms with Crippen molar-refractivity contribution in [1.82, 2.24) is 13.9 Å². The second-order valence-electron chi connectivity index (χ2n) is 6.61. The van der Waals surface area contributed by atoms with Crippen LogP contribution < -0.4 is 5.32 Å². The van der Waals surface area contributed by atoms with Gasteiger partial charge in [0.05, 0.1) is 6.33 Å². The van der Waals surface area contributed by atoms with Gasteiger partial charge in [-0.3, -0.25) is 4.79 Å². The Morgan fingerprint density at radius 1 is 1.21 bits per heavy atom. The van der Waals surface area contributed by atoms with Gasteiger partial charge in [0, 0.05) is 37.7 Å². The maximum atomic E-state index is 12.8. The summed E-state index contributed by atoms with van der Waals surface area (Å²) in [6, 6.07) is 9.00. The van der Waals surface area contributed by atoms with Crippen LogP contribution in [0.15, 0.2) is 59.3 Å². The molecule has 0 saturated carbocycles. The molecule has 0 spiro atoms. The van der Waals surface area contributed by atoms with E-state index < -0.39 is 15.9 Å². The average molecular weight is 417 g/mol. The fraction of sp³-hybridized carbons (Fsp3) is 0.263. The molecule has 146 valence electrons. The Bertz CT molecular complexity index is 1070. The number of benzene rings is 1. The Kier molecular flexibility index (Phi) is 5.29. The topological polar surface area (TPSA) is 84.3 Å². The molecular formula is C19H20N4O3S2. The van der Waals surface area contributed by atoms with Gasteiger partial charge in [-0.15, -0.1) is 11.3 Å². The number of anilines is 1. The fourth-order valence-corrected chi connectivity index (χ4v) is 6.07. The molecule has 7 nitrogen and oxygen atoms in total. The molecule has 0 bridgehead atoms. The summed E-state index contributed by atoms with van der Waals surface area (Å²) < 4.78 is 29.1. The van der Waals surface area contributed by atoms with E-state index in [-0.39, 0.29) is 9.77 Å². The zero-order valence-electron chi connectivity index (χ0n) is 15.1. The maximum absolute atomic E-state index is 12.8. The average Bonchev–Trinajstić information content (AvgIpc) is 3.43. The van der Waals surface area contributed by atoms with Gasteiger partial charge in [-0.25, -0.2) is 13.4 Å². The number of hydrogen-bond donors (Lipinski definition) is 1. The zero-order chi connectivity index (χ0) is 19.6. The summed E-state index contributed by atoms with van der Waals surface area (Å²) in [5.74, 6) is -0.410. The third-order valence-electron chi connectivity index (χ3n) is 4.63. The van der Waals surface area contributed by atoms with E-state index in [9.17, 15) is 13.2 Å². The maximum Gasteiger partial charge on any atom is 0.267 e. The molecule has 0 radical (unpaired) electrons. The van der Waals surface area contributed by atoms with Crippen LogP contribution in [0.5, 0.6) is 0 Å². The van der Waals surface area contributed by atoms with Crippen LogP contribution in [-0.4, -0.2) is 41.3 Å². The van der Waals surface area contributed by atoms with Gasteiger partial charge >= 0.3 is 0 Å². The SMILES string of the molecule is O=C(Nc1cccc(Cn2ccnc2)c1)c1sccc1S(=O)(=O)N1CCCC1. The molecule has 3 heterocycles. The van der Waals surface area contributed by atoms with E-state index in [1.54, 1.807) is 24.0 Å². The largest absolute Gasteiger partial charge is 0.333 e. The first-order chi connectivity index (χ1) is 13.5. The first-order valence-corrected chi connectivity index (χ1v) is 11.3. The van der Waals surface area contributed by atoms with E-state index in [0.717, 1.165) is 29.7 Å². The standard InChI is InChI=1S/C19H20N4O3S2/c24-19(18-17(6-11-27-18)28(25,26)23-8-1-2-9-23)21-16-5-3-4-15(12-16)13-22-10-7-20-14-22/h3-7,10-12,14H,1-2,8-9,13H2,(H,21,24). The van der Waals surface area contributed by atoms with Crippen LogP contribution in [0.3, 0.4) is 0 Å². The smallest absolute Gasteiger partial charge is 0.267 e. The second kappa shape index (κ2) is 7.86. The minimum absolute atomic E-state index is 0.0893. The van der Waals surface area contributed by atoms with Gasteiger partial charge < -0.3 is 9.88 Å². The van der Waals surface area contributed by atoms with Crippen LogP contribution >= 0.6 is 11.3 Å².